The van der Waals surface area contributed by atoms with Crippen LogP contribution in [0.3, 0.4) is 0 Å². The first-order valence-electron chi connectivity index (χ1n) is 8.46. The monoisotopic (exact) mass is 392 g/mol. The molecule has 2 aromatic heterocycles. The van der Waals surface area contributed by atoms with E-state index >= 15 is 0 Å². The van der Waals surface area contributed by atoms with Crippen LogP contribution in [0.25, 0.3) is 22.2 Å². The molecule has 0 spiro atoms. The van der Waals surface area contributed by atoms with Gasteiger partial charge in [-0.2, -0.15) is 18.3 Å². The highest BCUT2D eigenvalue weighted by molar-refractivity contribution is 5.95. The van der Waals surface area contributed by atoms with Gasteiger partial charge in [-0.15, -0.1) is 0 Å². The van der Waals surface area contributed by atoms with Crippen molar-refractivity contribution < 1.29 is 18.0 Å². The number of H-pyrrole nitrogens is 1. The standard InChI is InChI=1S/C18H19F3N6O/c1-27(2)10-9-23-17(28)24-12-5-3-11(4-6-12)13-7-8-22-16-14(13)15(25-26-16)18(19,20)21/h3-8H,9-10H2,1-2H3,(H,22,25,26)(H2,23,24,28). The Morgan fingerprint density at radius 1 is 1.18 bits per heavy atom. The second-order valence-electron chi connectivity index (χ2n) is 6.41. The topological polar surface area (TPSA) is 85.9 Å². The summed E-state index contributed by atoms with van der Waals surface area (Å²) in [7, 11) is 3.80. The number of nitrogens with zero attached hydrogens (tertiary/aromatic N) is 3. The summed E-state index contributed by atoms with van der Waals surface area (Å²) in [5.74, 6) is 0. The van der Waals surface area contributed by atoms with Crippen molar-refractivity contribution in [2.45, 2.75) is 6.18 Å². The zero-order valence-electron chi connectivity index (χ0n) is 15.3. The van der Waals surface area contributed by atoms with Gasteiger partial charge in [0.2, 0.25) is 0 Å². The fourth-order valence-electron chi connectivity index (χ4n) is 2.70. The Hall–Kier alpha value is -3.14. The smallest absolute Gasteiger partial charge is 0.337 e. The maximum Gasteiger partial charge on any atom is 0.435 e. The number of benzene rings is 1. The van der Waals surface area contributed by atoms with Crippen molar-refractivity contribution in [2.75, 3.05) is 32.5 Å². The second-order valence-corrected chi connectivity index (χ2v) is 6.41. The number of aromatic amines is 1. The van der Waals surface area contributed by atoms with E-state index in [1.165, 1.54) is 12.3 Å². The minimum atomic E-state index is -4.60. The molecule has 1 aromatic carbocycles. The maximum absolute atomic E-state index is 13.2. The number of amides is 2. The van der Waals surface area contributed by atoms with Crippen molar-refractivity contribution in [1.82, 2.24) is 25.4 Å². The number of alkyl halides is 3. The van der Waals surface area contributed by atoms with Crippen LogP contribution in [0.1, 0.15) is 5.69 Å². The molecule has 148 valence electrons. The van der Waals surface area contributed by atoms with E-state index in [9.17, 15) is 18.0 Å². The first kappa shape index (κ1) is 19.6. The van der Waals surface area contributed by atoms with E-state index in [1.54, 1.807) is 24.3 Å². The molecule has 3 aromatic rings. The molecule has 2 heterocycles. The number of nitrogens with one attached hydrogen (secondary N) is 3. The SMILES string of the molecule is CN(C)CCNC(=O)Nc1ccc(-c2ccnc3[nH]nc(C(F)(F)F)c23)cc1. The van der Waals surface area contributed by atoms with Crippen LogP contribution >= 0.6 is 0 Å². The maximum atomic E-state index is 13.2. The Balaban J connectivity index is 1.81. The molecule has 0 fully saturated rings. The van der Waals surface area contributed by atoms with E-state index in [2.05, 4.69) is 25.8 Å². The van der Waals surface area contributed by atoms with Crippen LogP contribution < -0.4 is 10.6 Å². The van der Waals surface area contributed by atoms with Crippen molar-refractivity contribution in [3.05, 3.63) is 42.2 Å². The lowest BCUT2D eigenvalue weighted by atomic mass is 10.0. The molecule has 0 aliphatic rings. The molecule has 28 heavy (non-hydrogen) atoms. The Morgan fingerprint density at radius 3 is 2.54 bits per heavy atom. The van der Waals surface area contributed by atoms with Gasteiger partial charge in [0.1, 0.15) is 0 Å². The number of pyridine rings is 1. The minimum Gasteiger partial charge on any atom is -0.337 e. The quantitative estimate of drug-likeness (QED) is 0.622. The third-order valence-electron chi connectivity index (χ3n) is 4.03. The molecule has 7 nitrogen and oxygen atoms in total. The highest BCUT2D eigenvalue weighted by atomic mass is 19.4. The number of carbonyl (C=O) groups excluding carboxylic acids is 1. The third-order valence-corrected chi connectivity index (χ3v) is 4.03. The molecule has 0 bridgehead atoms. The van der Waals surface area contributed by atoms with Crippen LogP contribution in [0.5, 0.6) is 0 Å². The predicted octanol–water partition coefficient (Wildman–Crippen LogP) is 3.33. The summed E-state index contributed by atoms with van der Waals surface area (Å²) >= 11 is 0. The van der Waals surface area contributed by atoms with E-state index in [4.69, 9.17) is 0 Å². The number of halogens is 3. The van der Waals surface area contributed by atoms with E-state index in [0.717, 1.165) is 0 Å². The van der Waals surface area contributed by atoms with E-state index in [1.807, 2.05) is 19.0 Å². The number of hydrogen-bond donors (Lipinski definition) is 3. The van der Waals surface area contributed by atoms with Gasteiger partial charge < -0.3 is 15.5 Å². The Labute approximate surface area is 158 Å². The summed E-state index contributed by atoms with van der Waals surface area (Å²) in [6.07, 6.45) is -3.18. The van der Waals surface area contributed by atoms with E-state index < -0.39 is 11.9 Å². The fourth-order valence-corrected chi connectivity index (χ4v) is 2.70. The van der Waals surface area contributed by atoms with Crippen molar-refractivity contribution in [2.24, 2.45) is 0 Å². The number of aromatic nitrogens is 3. The summed E-state index contributed by atoms with van der Waals surface area (Å²) in [6.45, 7) is 1.20. The summed E-state index contributed by atoms with van der Waals surface area (Å²) in [5.41, 5.74) is 0.492. The predicted molar refractivity (Wildman–Crippen MR) is 99.9 cm³/mol. The lowest BCUT2D eigenvalue weighted by molar-refractivity contribution is -0.139. The highest BCUT2D eigenvalue weighted by Gasteiger charge is 2.37. The molecule has 0 radical (unpaired) electrons. The molecule has 0 aliphatic heterocycles. The molecule has 2 amide bonds. The van der Waals surface area contributed by atoms with Crippen molar-refractivity contribution in [1.29, 1.82) is 0 Å². The molecule has 10 heteroatoms. The number of urea groups is 1. The summed E-state index contributed by atoms with van der Waals surface area (Å²) in [6, 6.07) is 7.68. The molecule has 3 rings (SSSR count). The van der Waals surface area contributed by atoms with Gasteiger partial charge >= 0.3 is 12.2 Å². The van der Waals surface area contributed by atoms with Gasteiger partial charge in [-0.05, 0) is 43.4 Å². The largest absolute Gasteiger partial charge is 0.435 e. The second kappa shape index (κ2) is 7.85. The number of carbonyl (C=O) groups is 1. The van der Waals surface area contributed by atoms with Gasteiger partial charge in [0.15, 0.2) is 11.3 Å². The first-order chi connectivity index (χ1) is 13.3. The van der Waals surface area contributed by atoms with Gasteiger partial charge in [0, 0.05) is 25.0 Å². The van der Waals surface area contributed by atoms with E-state index in [0.29, 0.717) is 29.9 Å². The van der Waals surface area contributed by atoms with Gasteiger partial charge in [-0.25, -0.2) is 9.78 Å². The molecule has 0 atom stereocenters. The average Bonchev–Trinajstić information content (AvgIpc) is 3.06. The molecule has 0 aliphatic carbocycles. The van der Waals surface area contributed by atoms with Crippen molar-refractivity contribution >= 4 is 22.8 Å². The number of fused-ring (bicyclic) bond motifs is 1. The summed E-state index contributed by atoms with van der Waals surface area (Å²) < 4.78 is 39.7. The Morgan fingerprint density at radius 2 is 1.89 bits per heavy atom. The Bertz CT molecular complexity index is 966. The van der Waals surface area contributed by atoms with Crippen molar-refractivity contribution in [3.63, 3.8) is 0 Å². The third kappa shape index (κ3) is 4.39. The van der Waals surface area contributed by atoms with Crippen LogP contribution in [0, 0.1) is 0 Å². The summed E-state index contributed by atoms with van der Waals surface area (Å²) in [4.78, 5) is 17.7. The van der Waals surface area contributed by atoms with Gasteiger partial charge in [0.25, 0.3) is 0 Å². The average molecular weight is 392 g/mol. The zero-order valence-corrected chi connectivity index (χ0v) is 15.3. The van der Waals surface area contributed by atoms with Crippen LogP contribution in [0.2, 0.25) is 0 Å². The van der Waals surface area contributed by atoms with Crippen LogP contribution in [0.15, 0.2) is 36.5 Å². The molecule has 3 N–H and O–H groups in total. The zero-order chi connectivity index (χ0) is 20.3. The van der Waals surface area contributed by atoms with Gasteiger partial charge in [-0.3, -0.25) is 5.10 Å². The lowest BCUT2D eigenvalue weighted by Gasteiger charge is -2.12. The molecular weight excluding hydrogens is 373 g/mol. The van der Waals surface area contributed by atoms with Crippen molar-refractivity contribution in [3.8, 4) is 11.1 Å². The fraction of sp³-hybridized carbons (Fsp3) is 0.278. The number of anilines is 1. The number of hydrogen-bond acceptors (Lipinski definition) is 4. The van der Waals surface area contributed by atoms with Crippen LogP contribution in [0.4, 0.5) is 23.7 Å². The summed E-state index contributed by atoms with van der Waals surface area (Å²) in [5, 5.41) is 11.0. The first-order valence-corrected chi connectivity index (χ1v) is 8.46. The molecule has 0 saturated heterocycles. The Kier molecular flexibility index (Phi) is 5.50. The van der Waals surface area contributed by atoms with Crippen LogP contribution in [-0.2, 0) is 6.18 Å². The number of likely N-dealkylation sites (N-methyl/N-ethyl adjacent to an activating group) is 1. The molecule has 0 saturated carbocycles. The highest BCUT2D eigenvalue weighted by Crippen LogP contribution is 2.37. The molecular formula is C18H19F3N6O. The number of rotatable bonds is 5. The minimum absolute atomic E-state index is 0.0623. The lowest BCUT2D eigenvalue weighted by Crippen LogP contribution is -2.34. The van der Waals surface area contributed by atoms with E-state index in [-0.39, 0.29) is 17.1 Å². The van der Waals surface area contributed by atoms with Gasteiger partial charge in [0.05, 0.1) is 5.39 Å². The normalized spacial score (nSPS) is 11.8. The molecule has 0 unspecified atom stereocenters. The van der Waals surface area contributed by atoms with Crippen LogP contribution in [-0.4, -0.2) is 53.3 Å². The van der Waals surface area contributed by atoms with Gasteiger partial charge in [-0.1, -0.05) is 12.1 Å².